The second kappa shape index (κ2) is 9.18. The molecule has 2 N–H and O–H groups in total. The molecule has 176 valence electrons. The number of benzene rings is 2. The number of carbonyl (C=O) groups is 1. The Morgan fingerprint density at radius 1 is 1.06 bits per heavy atom. The first-order valence-corrected chi connectivity index (χ1v) is 10.5. The van der Waals surface area contributed by atoms with E-state index < -0.39 is 35.5 Å². The molecule has 4 aromatic rings. The van der Waals surface area contributed by atoms with Gasteiger partial charge in [0.1, 0.15) is 29.8 Å². The topological polar surface area (TPSA) is 75.9 Å². The van der Waals surface area contributed by atoms with Crippen molar-refractivity contribution in [3.8, 4) is 5.75 Å². The summed E-state index contributed by atoms with van der Waals surface area (Å²) >= 11 is 0. The van der Waals surface area contributed by atoms with E-state index in [-0.39, 0.29) is 34.8 Å². The molecule has 9 heteroatoms. The van der Waals surface area contributed by atoms with Crippen LogP contribution in [0.1, 0.15) is 34.2 Å². The molecule has 2 aromatic heterocycles. The van der Waals surface area contributed by atoms with Crippen LogP contribution >= 0.6 is 0 Å². The fourth-order valence-corrected chi connectivity index (χ4v) is 3.77. The van der Waals surface area contributed by atoms with Gasteiger partial charge in [0, 0.05) is 11.8 Å². The van der Waals surface area contributed by atoms with Crippen LogP contribution in [0.4, 0.5) is 13.2 Å². The van der Waals surface area contributed by atoms with Crippen LogP contribution in [-0.4, -0.2) is 27.0 Å². The molecule has 0 saturated heterocycles. The minimum atomic E-state index is -1.39. The minimum absolute atomic E-state index is 0.133. The summed E-state index contributed by atoms with van der Waals surface area (Å²) < 4.78 is 49.4. The number of imidazole rings is 1. The number of amides is 1. The van der Waals surface area contributed by atoms with E-state index in [1.165, 1.54) is 35.6 Å². The molecule has 0 radical (unpaired) electrons. The Morgan fingerprint density at radius 2 is 1.74 bits per heavy atom. The van der Waals surface area contributed by atoms with E-state index in [4.69, 9.17) is 4.74 Å². The fraction of sp³-hybridized carbons (Fsp3) is 0.200. The van der Waals surface area contributed by atoms with Gasteiger partial charge in [0.2, 0.25) is 0 Å². The van der Waals surface area contributed by atoms with Crippen LogP contribution in [0.25, 0.3) is 5.65 Å². The highest BCUT2D eigenvalue weighted by molar-refractivity contribution is 5.95. The number of hydrogen-bond acceptors (Lipinski definition) is 4. The van der Waals surface area contributed by atoms with Crippen LogP contribution in [0.2, 0.25) is 0 Å². The third-order valence-corrected chi connectivity index (χ3v) is 5.61. The van der Waals surface area contributed by atoms with Crippen LogP contribution in [0.5, 0.6) is 5.75 Å². The highest BCUT2D eigenvalue weighted by atomic mass is 19.1. The Balaban J connectivity index is 1.66. The summed E-state index contributed by atoms with van der Waals surface area (Å²) in [6.45, 7) is 2.21. The van der Waals surface area contributed by atoms with Crippen molar-refractivity contribution >= 4 is 11.6 Å². The first-order valence-electron chi connectivity index (χ1n) is 10.5. The Bertz CT molecular complexity index is 1350. The van der Waals surface area contributed by atoms with Gasteiger partial charge in [-0.1, -0.05) is 24.3 Å². The normalized spacial score (nSPS) is 13.0. The number of aliphatic hydroxyl groups is 1. The molecule has 0 fully saturated rings. The van der Waals surface area contributed by atoms with Gasteiger partial charge < -0.3 is 15.2 Å². The second-order valence-corrected chi connectivity index (χ2v) is 8.02. The van der Waals surface area contributed by atoms with E-state index in [0.29, 0.717) is 5.69 Å². The molecule has 0 aliphatic heterocycles. The maximum absolute atomic E-state index is 14.4. The van der Waals surface area contributed by atoms with Gasteiger partial charge in [0.15, 0.2) is 11.4 Å². The van der Waals surface area contributed by atoms with Crippen molar-refractivity contribution in [2.45, 2.75) is 26.0 Å². The summed E-state index contributed by atoms with van der Waals surface area (Å²) in [5.41, 5.74) is -0.732. The molecular weight excluding hydrogens is 447 g/mol. The predicted octanol–water partition coefficient (Wildman–Crippen LogP) is 4.28. The van der Waals surface area contributed by atoms with Crippen LogP contribution in [0, 0.1) is 24.4 Å². The number of aryl methyl sites for hydroxylation is 1. The van der Waals surface area contributed by atoms with E-state index in [0.717, 1.165) is 12.1 Å². The van der Waals surface area contributed by atoms with Crippen LogP contribution in [0.15, 0.2) is 60.8 Å². The van der Waals surface area contributed by atoms with Crippen molar-refractivity contribution in [3.63, 3.8) is 0 Å². The lowest BCUT2D eigenvalue weighted by Gasteiger charge is -2.29. The average Bonchev–Trinajstić information content (AvgIpc) is 3.15. The zero-order valence-corrected chi connectivity index (χ0v) is 18.5. The molecule has 0 aliphatic rings. The molecule has 2 heterocycles. The van der Waals surface area contributed by atoms with Crippen molar-refractivity contribution in [1.29, 1.82) is 0 Å². The molecule has 4 rings (SSSR count). The smallest absolute Gasteiger partial charge is 0.270 e. The number of ether oxygens (including phenoxy) is 1. The van der Waals surface area contributed by atoms with E-state index in [1.807, 2.05) is 0 Å². The average molecular weight is 469 g/mol. The van der Waals surface area contributed by atoms with E-state index in [1.54, 1.807) is 31.3 Å². The standard InChI is InChI=1S/C25H22F3N3O3/c1-15-22(24(33)30-25(2,14-32)17-7-3-4-8-20(17)28)31-12-6-11-21(23(31)29-15)34-13-16-18(26)9-5-10-19(16)27/h3-12,32H,13-14H2,1-2H3,(H,30,33)/t25-/m0/s1. The Labute approximate surface area is 193 Å². The molecule has 0 aliphatic carbocycles. The Kier molecular flexibility index (Phi) is 6.30. The summed E-state index contributed by atoms with van der Waals surface area (Å²) in [6, 6.07) is 12.6. The summed E-state index contributed by atoms with van der Waals surface area (Å²) in [5.74, 6) is -2.41. The maximum Gasteiger partial charge on any atom is 0.270 e. The number of pyridine rings is 1. The molecule has 0 saturated carbocycles. The van der Waals surface area contributed by atoms with Crippen LogP contribution in [0.3, 0.4) is 0 Å². The molecule has 34 heavy (non-hydrogen) atoms. The van der Waals surface area contributed by atoms with Gasteiger partial charge in [-0.3, -0.25) is 9.20 Å². The first-order chi connectivity index (χ1) is 16.2. The van der Waals surface area contributed by atoms with Gasteiger partial charge in [0.25, 0.3) is 5.91 Å². The van der Waals surface area contributed by atoms with Gasteiger partial charge in [0.05, 0.1) is 23.4 Å². The van der Waals surface area contributed by atoms with Gasteiger partial charge in [-0.15, -0.1) is 0 Å². The number of nitrogens with zero attached hydrogens (tertiary/aromatic N) is 2. The summed E-state index contributed by atoms with van der Waals surface area (Å²) in [5, 5.41) is 12.7. The van der Waals surface area contributed by atoms with Crippen molar-refractivity contribution in [2.24, 2.45) is 0 Å². The quantitative estimate of drug-likeness (QED) is 0.424. The monoisotopic (exact) mass is 469 g/mol. The molecule has 6 nitrogen and oxygen atoms in total. The molecule has 0 spiro atoms. The number of halogens is 3. The van der Waals surface area contributed by atoms with Gasteiger partial charge >= 0.3 is 0 Å². The lowest BCUT2D eigenvalue weighted by Crippen LogP contribution is -2.47. The van der Waals surface area contributed by atoms with Crippen molar-refractivity contribution in [3.05, 3.63) is 101 Å². The molecule has 1 atom stereocenters. The predicted molar refractivity (Wildman–Crippen MR) is 119 cm³/mol. The summed E-state index contributed by atoms with van der Waals surface area (Å²) in [6.07, 6.45) is 1.58. The number of fused-ring (bicyclic) bond motifs is 1. The minimum Gasteiger partial charge on any atom is -0.485 e. The van der Waals surface area contributed by atoms with E-state index in [9.17, 15) is 23.1 Å². The second-order valence-electron chi connectivity index (χ2n) is 8.02. The largest absolute Gasteiger partial charge is 0.485 e. The van der Waals surface area contributed by atoms with Gasteiger partial charge in [-0.2, -0.15) is 0 Å². The van der Waals surface area contributed by atoms with Crippen LogP contribution < -0.4 is 10.1 Å². The fourth-order valence-electron chi connectivity index (χ4n) is 3.77. The number of hydrogen-bond donors (Lipinski definition) is 2. The molecule has 0 bridgehead atoms. The zero-order valence-electron chi connectivity index (χ0n) is 18.5. The Hall–Kier alpha value is -3.85. The lowest BCUT2D eigenvalue weighted by molar-refractivity contribution is 0.0839. The lowest BCUT2D eigenvalue weighted by atomic mass is 9.92. The Morgan fingerprint density at radius 3 is 2.41 bits per heavy atom. The summed E-state index contributed by atoms with van der Waals surface area (Å²) in [7, 11) is 0. The highest BCUT2D eigenvalue weighted by Gasteiger charge is 2.32. The highest BCUT2D eigenvalue weighted by Crippen LogP contribution is 2.27. The van der Waals surface area contributed by atoms with E-state index in [2.05, 4.69) is 10.3 Å². The van der Waals surface area contributed by atoms with Crippen LogP contribution in [-0.2, 0) is 12.1 Å². The van der Waals surface area contributed by atoms with E-state index >= 15 is 0 Å². The van der Waals surface area contributed by atoms with Gasteiger partial charge in [-0.05, 0) is 44.2 Å². The van der Waals surface area contributed by atoms with Crippen molar-refractivity contribution in [2.75, 3.05) is 6.61 Å². The first kappa shape index (κ1) is 23.3. The third kappa shape index (κ3) is 4.22. The SMILES string of the molecule is Cc1nc2c(OCc3c(F)cccc3F)cccn2c1C(=O)N[C@@](C)(CO)c1ccccc1F. The number of rotatable bonds is 7. The number of nitrogens with one attached hydrogen (secondary N) is 1. The number of aliphatic hydroxyl groups excluding tert-OH is 1. The van der Waals surface area contributed by atoms with Crippen molar-refractivity contribution in [1.82, 2.24) is 14.7 Å². The molecule has 2 aromatic carbocycles. The summed E-state index contributed by atoms with van der Waals surface area (Å²) in [4.78, 5) is 17.6. The number of aromatic nitrogens is 2. The maximum atomic E-state index is 14.4. The van der Waals surface area contributed by atoms with Crippen molar-refractivity contribution < 1.29 is 27.8 Å². The molecular formula is C25H22F3N3O3. The third-order valence-electron chi connectivity index (χ3n) is 5.61. The zero-order chi connectivity index (χ0) is 24.5. The molecule has 0 unspecified atom stereocenters. The number of carbonyl (C=O) groups excluding carboxylic acids is 1. The van der Waals surface area contributed by atoms with Gasteiger partial charge in [-0.25, -0.2) is 18.2 Å². The molecule has 1 amide bonds.